The van der Waals surface area contributed by atoms with Crippen LogP contribution in [0.5, 0.6) is 0 Å². The van der Waals surface area contributed by atoms with E-state index in [0.717, 1.165) is 61.6 Å². The third kappa shape index (κ3) is 8.01. The molecular formula is C77H71N3OS. The van der Waals surface area contributed by atoms with Crippen molar-refractivity contribution in [3.63, 3.8) is 0 Å². The van der Waals surface area contributed by atoms with Crippen molar-refractivity contribution in [1.82, 2.24) is 0 Å². The average Bonchev–Trinajstić information content (AvgIpc) is 1.49. The van der Waals surface area contributed by atoms with Crippen LogP contribution in [0.3, 0.4) is 0 Å². The molecule has 82 heavy (non-hydrogen) atoms. The molecule has 0 saturated heterocycles. The molecule has 406 valence electrons. The lowest BCUT2D eigenvalue weighted by Crippen LogP contribution is -2.37. The minimum atomic E-state index is -0.830. The molecule has 1 aromatic heterocycles. The molecule has 5 heteroatoms. The van der Waals surface area contributed by atoms with E-state index in [-0.39, 0.29) is 21.7 Å². The highest BCUT2D eigenvalue weighted by atomic mass is 32.2. The average molecular weight is 1090 g/mol. The zero-order valence-corrected chi connectivity index (χ0v) is 50.2. The minimum absolute atomic E-state index is 0.00149. The molecule has 11 aromatic rings. The van der Waals surface area contributed by atoms with E-state index in [0.29, 0.717) is 0 Å². The highest BCUT2D eigenvalue weighted by Crippen LogP contribution is 2.69. The number of benzene rings is 10. The zero-order chi connectivity index (χ0) is 56.8. The Morgan fingerprint density at radius 3 is 1.41 bits per heavy atom. The molecule has 3 heterocycles. The Morgan fingerprint density at radius 1 is 0.390 bits per heavy atom. The van der Waals surface area contributed by atoms with Gasteiger partial charge in [-0.3, -0.25) is 0 Å². The summed E-state index contributed by atoms with van der Waals surface area (Å²) >= 11 is 1.87. The molecule has 1 aliphatic carbocycles. The van der Waals surface area contributed by atoms with Gasteiger partial charge < -0.3 is 19.1 Å². The van der Waals surface area contributed by atoms with Crippen LogP contribution in [0.4, 0.5) is 51.2 Å². The molecule has 2 aliphatic heterocycles. The van der Waals surface area contributed by atoms with Crippen LogP contribution in [0.2, 0.25) is 0 Å². The van der Waals surface area contributed by atoms with Gasteiger partial charge in [-0.05, 0) is 169 Å². The Labute approximate surface area is 489 Å². The standard InChI is InChI=1S/C77H71N3OS/c1-73(2,3)48-28-36-52(37-29-48)78(53-38-30-49(31-39-53)74(4,5)6)56-44-45-57-61(46-56)77(59-21-14-15-23-63(59)80-64-24-16-18-26-67(64)82-68-27-19-22-60(77)71(68)80)62-47-65(70-58-20-13-17-25-66(58)81-72(70)69(57)62)79(54-40-32-50(33-41-54)75(7,8)9)55-42-34-51(35-43-55)76(10,11)12/h13-47H,1-12H3. The van der Waals surface area contributed by atoms with Crippen molar-refractivity contribution in [2.45, 2.75) is 120 Å². The number of hydrogen-bond acceptors (Lipinski definition) is 5. The fraction of sp³-hybridized carbons (Fsp3) is 0.221. The van der Waals surface area contributed by atoms with Gasteiger partial charge in [0.25, 0.3) is 0 Å². The predicted octanol–water partition coefficient (Wildman–Crippen LogP) is 22.3. The minimum Gasteiger partial charge on any atom is -0.455 e. The topological polar surface area (TPSA) is 22.9 Å². The number of rotatable bonds is 6. The van der Waals surface area contributed by atoms with Gasteiger partial charge in [0.05, 0.1) is 33.6 Å². The van der Waals surface area contributed by atoms with E-state index in [1.54, 1.807) is 0 Å². The molecule has 0 saturated carbocycles. The van der Waals surface area contributed by atoms with Gasteiger partial charge in [-0.25, -0.2) is 0 Å². The molecule has 10 aromatic carbocycles. The van der Waals surface area contributed by atoms with Crippen LogP contribution in [0.15, 0.2) is 227 Å². The maximum atomic E-state index is 7.52. The molecule has 0 fully saturated rings. The summed E-state index contributed by atoms with van der Waals surface area (Å²) in [6.07, 6.45) is 0. The largest absolute Gasteiger partial charge is 0.455 e. The molecule has 1 spiro atoms. The Balaban J connectivity index is 1.12. The Morgan fingerprint density at radius 2 is 0.854 bits per heavy atom. The SMILES string of the molecule is CC(C)(C)c1ccc(N(c2ccc(C(C)(C)C)cc2)c2ccc3c(c2)C2(c4ccccc4N4c5ccccc5Sc5cccc2c54)c2cc(N(c4ccc(C(C)(C)C)cc4)c4ccc(C(C)(C)C)cc4)c4c(oc5ccccc54)c2-3)cc1. The highest BCUT2D eigenvalue weighted by Gasteiger charge is 2.55. The number of para-hydroxylation sites is 4. The molecule has 0 amide bonds. The third-order valence-corrected chi connectivity index (χ3v) is 18.8. The number of hydrogen-bond donors (Lipinski definition) is 0. The van der Waals surface area contributed by atoms with Crippen LogP contribution < -0.4 is 14.7 Å². The normalized spacial score (nSPS) is 15.3. The molecule has 0 bridgehead atoms. The fourth-order valence-corrected chi connectivity index (χ4v) is 14.4. The zero-order valence-electron chi connectivity index (χ0n) is 49.4. The fourth-order valence-electron chi connectivity index (χ4n) is 13.3. The monoisotopic (exact) mass is 1090 g/mol. The first-order chi connectivity index (χ1) is 39.2. The molecule has 1 unspecified atom stereocenters. The van der Waals surface area contributed by atoms with Gasteiger partial charge in [0, 0.05) is 49.2 Å². The first-order valence-corrected chi connectivity index (χ1v) is 30.0. The van der Waals surface area contributed by atoms with Crippen molar-refractivity contribution in [1.29, 1.82) is 0 Å². The highest BCUT2D eigenvalue weighted by molar-refractivity contribution is 7.99. The number of anilines is 9. The lowest BCUT2D eigenvalue weighted by atomic mass is 9.64. The van der Waals surface area contributed by atoms with Gasteiger partial charge >= 0.3 is 0 Å². The van der Waals surface area contributed by atoms with Crippen LogP contribution in [0, 0.1) is 0 Å². The van der Waals surface area contributed by atoms with Crippen LogP contribution in [-0.4, -0.2) is 0 Å². The first-order valence-electron chi connectivity index (χ1n) is 29.2. The van der Waals surface area contributed by atoms with Crippen molar-refractivity contribution in [3.8, 4) is 11.1 Å². The van der Waals surface area contributed by atoms with Crippen molar-refractivity contribution in [3.05, 3.63) is 257 Å². The Hall–Kier alpha value is -8.25. The molecule has 1 atom stereocenters. The van der Waals surface area contributed by atoms with Gasteiger partial charge in [-0.2, -0.15) is 0 Å². The van der Waals surface area contributed by atoms with E-state index in [2.05, 4.69) is 310 Å². The van der Waals surface area contributed by atoms with E-state index < -0.39 is 5.41 Å². The number of nitrogens with zero attached hydrogens (tertiary/aromatic N) is 3. The maximum absolute atomic E-state index is 7.52. The van der Waals surface area contributed by atoms with E-state index >= 15 is 0 Å². The van der Waals surface area contributed by atoms with E-state index in [4.69, 9.17) is 4.42 Å². The summed E-state index contributed by atoms with van der Waals surface area (Å²) in [7, 11) is 0. The second kappa shape index (κ2) is 18.4. The Kier molecular flexibility index (Phi) is 11.6. The molecule has 0 radical (unpaired) electrons. The quantitative estimate of drug-likeness (QED) is 0.165. The van der Waals surface area contributed by atoms with E-state index in [1.807, 2.05) is 11.8 Å². The summed E-state index contributed by atoms with van der Waals surface area (Å²) in [5.41, 5.74) is 23.4. The third-order valence-electron chi connectivity index (χ3n) is 17.7. The lowest BCUT2D eigenvalue weighted by Gasteiger charge is -2.47. The molecule has 14 rings (SSSR count). The predicted molar refractivity (Wildman–Crippen MR) is 348 cm³/mol. The van der Waals surface area contributed by atoms with Gasteiger partial charge in [0.2, 0.25) is 0 Å². The van der Waals surface area contributed by atoms with Crippen molar-refractivity contribution in [2.24, 2.45) is 0 Å². The van der Waals surface area contributed by atoms with Gasteiger partial charge in [0.1, 0.15) is 11.2 Å². The molecule has 3 aliphatic rings. The summed E-state index contributed by atoms with van der Waals surface area (Å²) in [5, 5.41) is 2.17. The molecular weight excluding hydrogens is 1010 g/mol. The summed E-state index contributed by atoms with van der Waals surface area (Å²) in [5.74, 6) is 0. The summed E-state index contributed by atoms with van der Waals surface area (Å²) in [4.78, 5) is 10.0. The van der Waals surface area contributed by atoms with Crippen LogP contribution >= 0.6 is 11.8 Å². The maximum Gasteiger partial charge on any atom is 0.145 e. The Bertz CT molecular complexity index is 4220. The van der Waals surface area contributed by atoms with Crippen LogP contribution in [0.1, 0.15) is 128 Å². The number of furan rings is 1. The summed E-state index contributed by atoms with van der Waals surface area (Å²) in [6.45, 7) is 27.5. The van der Waals surface area contributed by atoms with Gasteiger partial charge in [0.15, 0.2) is 0 Å². The van der Waals surface area contributed by atoms with Crippen molar-refractivity contribution in [2.75, 3.05) is 14.7 Å². The summed E-state index contributed by atoms with van der Waals surface area (Å²) in [6, 6.07) is 80.8. The van der Waals surface area contributed by atoms with E-state index in [1.165, 1.54) is 76.9 Å². The first kappa shape index (κ1) is 51.9. The van der Waals surface area contributed by atoms with Crippen molar-refractivity contribution < 1.29 is 4.42 Å². The second-order valence-corrected chi connectivity index (χ2v) is 28.1. The van der Waals surface area contributed by atoms with E-state index in [9.17, 15) is 0 Å². The molecule has 4 nitrogen and oxygen atoms in total. The molecule has 0 N–H and O–H groups in total. The summed E-state index contributed by atoms with van der Waals surface area (Å²) < 4.78 is 7.52. The van der Waals surface area contributed by atoms with Gasteiger partial charge in [-0.1, -0.05) is 210 Å². The van der Waals surface area contributed by atoms with Crippen molar-refractivity contribution >= 4 is 84.9 Å². The second-order valence-electron chi connectivity index (χ2n) is 27.0. The van der Waals surface area contributed by atoms with Crippen LogP contribution in [-0.2, 0) is 27.1 Å². The smallest absolute Gasteiger partial charge is 0.145 e. The number of fused-ring (bicyclic) bond motifs is 15. The van der Waals surface area contributed by atoms with Gasteiger partial charge in [-0.15, -0.1) is 0 Å². The van der Waals surface area contributed by atoms with Crippen LogP contribution in [0.25, 0.3) is 33.1 Å². The lowest BCUT2D eigenvalue weighted by molar-refractivity contribution is 0.590.